The van der Waals surface area contributed by atoms with Crippen LogP contribution in [0.4, 0.5) is 0 Å². The fraction of sp³-hybridized carbons (Fsp3) is 0. The Balaban J connectivity index is 2.24. The molecule has 3 rings (SSSR count). The number of aromatic amines is 1. The first-order valence-electron chi connectivity index (χ1n) is 5.38. The minimum atomic E-state index is 0.612. The van der Waals surface area contributed by atoms with Crippen molar-refractivity contribution >= 4 is 17.3 Å². The van der Waals surface area contributed by atoms with Crippen LogP contribution in [0, 0.1) is 0 Å². The highest BCUT2D eigenvalue weighted by Crippen LogP contribution is 2.21. The molecule has 1 aromatic heterocycles. The average Bonchev–Trinajstić information content (AvgIpc) is 2.83. The van der Waals surface area contributed by atoms with Crippen molar-refractivity contribution < 1.29 is 4.79 Å². The highest BCUT2D eigenvalue weighted by molar-refractivity contribution is 5.95. The smallest absolute Gasteiger partial charge is 0.152 e. The van der Waals surface area contributed by atoms with Gasteiger partial charge in [0, 0.05) is 11.1 Å². The normalized spacial score (nSPS) is 10.6. The molecule has 0 aliphatic heterocycles. The fourth-order valence-corrected chi connectivity index (χ4v) is 1.88. The molecule has 0 amide bonds. The Morgan fingerprint density at radius 3 is 2.59 bits per heavy atom. The van der Waals surface area contributed by atoms with Crippen LogP contribution in [0.3, 0.4) is 0 Å². The highest BCUT2D eigenvalue weighted by atomic mass is 16.1. The maximum Gasteiger partial charge on any atom is 0.152 e. The van der Waals surface area contributed by atoms with Crippen LogP contribution in [-0.4, -0.2) is 16.3 Å². The summed E-state index contributed by atoms with van der Waals surface area (Å²) in [5.41, 5.74) is 3.23. The number of para-hydroxylation sites is 1. The van der Waals surface area contributed by atoms with E-state index >= 15 is 0 Å². The van der Waals surface area contributed by atoms with Gasteiger partial charge in [0.1, 0.15) is 5.82 Å². The summed E-state index contributed by atoms with van der Waals surface area (Å²) in [4.78, 5) is 18.6. The number of carbonyl (C=O) groups is 1. The summed E-state index contributed by atoms with van der Waals surface area (Å²) in [5, 5.41) is 0. The number of fused-ring (bicyclic) bond motifs is 1. The molecular weight excluding hydrogens is 212 g/mol. The molecule has 0 bridgehead atoms. The van der Waals surface area contributed by atoms with Gasteiger partial charge in [-0.25, -0.2) is 4.98 Å². The Kier molecular flexibility index (Phi) is 2.22. The summed E-state index contributed by atoms with van der Waals surface area (Å²) in [7, 11) is 0. The van der Waals surface area contributed by atoms with Gasteiger partial charge in [0.05, 0.1) is 11.0 Å². The van der Waals surface area contributed by atoms with Gasteiger partial charge in [-0.1, -0.05) is 36.4 Å². The van der Waals surface area contributed by atoms with Crippen molar-refractivity contribution in [3.05, 3.63) is 54.1 Å². The molecule has 2 aromatic carbocycles. The lowest BCUT2D eigenvalue weighted by Gasteiger charge is -1.93. The van der Waals surface area contributed by atoms with Crippen LogP contribution in [0.1, 0.15) is 10.4 Å². The molecule has 0 radical (unpaired) electrons. The van der Waals surface area contributed by atoms with E-state index in [2.05, 4.69) is 9.97 Å². The number of nitrogens with one attached hydrogen (secondary N) is 1. The number of aromatic nitrogens is 2. The predicted octanol–water partition coefficient (Wildman–Crippen LogP) is 3.04. The summed E-state index contributed by atoms with van der Waals surface area (Å²) in [6.07, 6.45) is 0.831. The van der Waals surface area contributed by atoms with E-state index in [1.165, 1.54) is 0 Å². The summed E-state index contributed by atoms with van der Waals surface area (Å²) in [5.74, 6) is 0.787. The molecule has 17 heavy (non-hydrogen) atoms. The monoisotopic (exact) mass is 222 g/mol. The Morgan fingerprint density at radius 2 is 1.82 bits per heavy atom. The van der Waals surface area contributed by atoms with Crippen molar-refractivity contribution in [3.8, 4) is 11.4 Å². The van der Waals surface area contributed by atoms with Gasteiger partial charge in [-0.05, 0) is 12.1 Å². The van der Waals surface area contributed by atoms with Crippen LogP contribution < -0.4 is 0 Å². The second kappa shape index (κ2) is 3.87. The zero-order chi connectivity index (χ0) is 11.7. The topological polar surface area (TPSA) is 45.8 Å². The van der Waals surface area contributed by atoms with Crippen molar-refractivity contribution in [2.24, 2.45) is 0 Å². The van der Waals surface area contributed by atoms with E-state index in [4.69, 9.17) is 0 Å². The number of carbonyl (C=O) groups excluding carboxylic acids is 1. The molecule has 0 aliphatic rings. The Bertz CT molecular complexity index is 671. The third-order valence-electron chi connectivity index (χ3n) is 2.72. The first-order chi connectivity index (χ1) is 8.38. The van der Waals surface area contributed by atoms with E-state index in [9.17, 15) is 4.79 Å². The molecule has 0 saturated heterocycles. The molecule has 0 fully saturated rings. The molecule has 1 N–H and O–H groups in total. The number of imidazole rings is 1. The quantitative estimate of drug-likeness (QED) is 0.677. The summed E-state index contributed by atoms with van der Waals surface area (Å²) in [6, 6.07) is 15.4. The summed E-state index contributed by atoms with van der Waals surface area (Å²) < 4.78 is 0. The second-order valence-corrected chi connectivity index (χ2v) is 3.81. The molecule has 3 aromatic rings. The number of aldehydes is 1. The second-order valence-electron chi connectivity index (χ2n) is 3.81. The first-order valence-corrected chi connectivity index (χ1v) is 5.38. The number of hydrogen-bond donors (Lipinski definition) is 1. The van der Waals surface area contributed by atoms with E-state index in [1.54, 1.807) is 6.07 Å². The first kappa shape index (κ1) is 9.78. The largest absolute Gasteiger partial charge is 0.338 e. The van der Waals surface area contributed by atoms with Gasteiger partial charge in [-0.3, -0.25) is 4.79 Å². The van der Waals surface area contributed by atoms with E-state index in [1.807, 2.05) is 42.5 Å². The molecular formula is C14H10N2O. The van der Waals surface area contributed by atoms with Crippen LogP contribution in [0.2, 0.25) is 0 Å². The van der Waals surface area contributed by atoms with Gasteiger partial charge in [-0.2, -0.15) is 0 Å². The van der Waals surface area contributed by atoms with E-state index < -0.39 is 0 Å². The Morgan fingerprint density at radius 1 is 1.00 bits per heavy atom. The van der Waals surface area contributed by atoms with Gasteiger partial charge >= 0.3 is 0 Å². The highest BCUT2D eigenvalue weighted by Gasteiger charge is 2.07. The maximum atomic E-state index is 10.9. The van der Waals surface area contributed by atoms with Crippen LogP contribution in [0.25, 0.3) is 22.4 Å². The lowest BCUT2D eigenvalue weighted by atomic mass is 10.2. The minimum Gasteiger partial charge on any atom is -0.338 e. The van der Waals surface area contributed by atoms with Crippen molar-refractivity contribution in [2.45, 2.75) is 0 Å². The van der Waals surface area contributed by atoms with Gasteiger partial charge in [0.15, 0.2) is 6.29 Å². The summed E-state index contributed by atoms with van der Waals surface area (Å²) in [6.45, 7) is 0. The molecule has 82 valence electrons. The van der Waals surface area contributed by atoms with Gasteiger partial charge < -0.3 is 4.98 Å². The molecule has 0 unspecified atom stereocenters. The number of hydrogen-bond acceptors (Lipinski definition) is 2. The summed E-state index contributed by atoms with van der Waals surface area (Å²) >= 11 is 0. The molecule has 0 spiro atoms. The van der Waals surface area contributed by atoms with E-state index in [0.717, 1.165) is 28.7 Å². The zero-order valence-electron chi connectivity index (χ0n) is 9.05. The van der Waals surface area contributed by atoms with Crippen LogP contribution in [0.5, 0.6) is 0 Å². The van der Waals surface area contributed by atoms with Gasteiger partial charge in [0.25, 0.3) is 0 Å². The van der Waals surface area contributed by atoms with E-state index in [-0.39, 0.29) is 0 Å². The number of benzene rings is 2. The third-order valence-corrected chi connectivity index (χ3v) is 2.72. The van der Waals surface area contributed by atoms with Crippen LogP contribution in [-0.2, 0) is 0 Å². The molecule has 0 atom stereocenters. The predicted molar refractivity (Wildman–Crippen MR) is 66.9 cm³/mol. The fourth-order valence-electron chi connectivity index (χ4n) is 1.88. The average molecular weight is 222 g/mol. The van der Waals surface area contributed by atoms with Crippen molar-refractivity contribution in [2.75, 3.05) is 0 Å². The molecule has 0 saturated carbocycles. The zero-order valence-corrected chi connectivity index (χ0v) is 9.05. The number of H-pyrrole nitrogens is 1. The van der Waals surface area contributed by atoms with Gasteiger partial charge in [0.2, 0.25) is 0 Å². The SMILES string of the molecule is O=Cc1cccc2[nH]c(-c3ccccc3)nc12. The maximum absolute atomic E-state index is 10.9. The molecule has 3 nitrogen and oxygen atoms in total. The molecule has 1 heterocycles. The van der Waals surface area contributed by atoms with E-state index in [0.29, 0.717) is 5.56 Å². The van der Waals surface area contributed by atoms with Crippen molar-refractivity contribution in [1.82, 2.24) is 9.97 Å². The lowest BCUT2D eigenvalue weighted by Crippen LogP contribution is -1.81. The van der Waals surface area contributed by atoms with Crippen molar-refractivity contribution in [3.63, 3.8) is 0 Å². The van der Waals surface area contributed by atoms with Crippen LogP contribution >= 0.6 is 0 Å². The standard InChI is InChI=1S/C14H10N2O/c17-9-11-7-4-8-12-13(11)16-14(15-12)10-5-2-1-3-6-10/h1-9H,(H,15,16). The number of nitrogens with zero attached hydrogens (tertiary/aromatic N) is 1. The Labute approximate surface area is 98.1 Å². The van der Waals surface area contributed by atoms with Crippen molar-refractivity contribution in [1.29, 1.82) is 0 Å². The molecule has 0 aliphatic carbocycles. The third kappa shape index (κ3) is 1.61. The number of rotatable bonds is 2. The van der Waals surface area contributed by atoms with Crippen LogP contribution in [0.15, 0.2) is 48.5 Å². The minimum absolute atomic E-state index is 0.612. The van der Waals surface area contributed by atoms with Gasteiger partial charge in [-0.15, -0.1) is 0 Å². The Hall–Kier alpha value is -2.42. The lowest BCUT2D eigenvalue weighted by molar-refractivity contribution is 0.112. The molecule has 3 heteroatoms.